The minimum absolute atomic E-state index is 0.107. The lowest BCUT2D eigenvalue weighted by Gasteiger charge is -2.25. The quantitative estimate of drug-likeness (QED) is 0.841. The standard InChI is InChI=1S/C15H17F4NO2/c16-13-5-4-10(7-12(13)15(17,18)19)14(22)20-8-9-2-1-3-11(21)6-9/h4-5,7,9,11,21H,1-3,6,8H2,(H,20,22). The molecule has 1 aliphatic carbocycles. The molecule has 1 saturated carbocycles. The van der Waals surface area contributed by atoms with Crippen molar-refractivity contribution in [2.75, 3.05) is 6.54 Å². The summed E-state index contributed by atoms with van der Waals surface area (Å²) in [5, 5.41) is 12.1. The number of carbonyl (C=O) groups is 1. The number of amides is 1. The highest BCUT2D eigenvalue weighted by Crippen LogP contribution is 2.32. The lowest BCUT2D eigenvalue weighted by molar-refractivity contribution is -0.140. The van der Waals surface area contributed by atoms with Gasteiger partial charge in [0.2, 0.25) is 0 Å². The molecule has 0 spiro atoms. The van der Waals surface area contributed by atoms with Crippen molar-refractivity contribution >= 4 is 5.91 Å². The molecule has 2 N–H and O–H groups in total. The lowest BCUT2D eigenvalue weighted by atomic mass is 9.87. The van der Waals surface area contributed by atoms with Gasteiger partial charge in [-0.2, -0.15) is 13.2 Å². The maximum atomic E-state index is 13.2. The first-order chi connectivity index (χ1) is 10.3. The van der Waals surface area contributed by atoms with Gasteiger partial charge in [-0.3, -0.25) is 4.79 Å². The van der Waals surface area contributed by atoms with Crippen LogP contribution in [0.15, 0.2) is 18.2 Å². The number of halogens is 4. The van der Waals surface area contributed by atoms with Crippen LogP contribution in [0.3, 0.4) is 0 Å². The molecule has 0 bridgehead atoms. The van der Waals surface area contributed by atoms with E-state index in [4.69, 9.17) is 0 Å². The van der Waals surface area contributed by atoms with Crippen LogP contribution in [0.5, 0.6) is 0 Å². The summed E-state index contributed by atoms with van der Waals surface area (Å²) in [5.41, 5.74) is -1.68. The zero-order valence-corrected chi connectivity index (χ0v) is 11.8. The van der Waals surface area contributed by atoms with Crippen molar-refractivity contribution < 1.29 is 27.5 Å². The average molecular weight is 319 g/mol. The Bertz CT molecular complexity index is 545. The predicted molar refractivity (Wildman–Crippen MR) is 71.7 cm³/mol. The molecular formula is C15H17F4NO2. The minimum Gasteiger partial charge on any atom is -0.393 e. The van der Waals surface area contributed by atoms with E-state index in [1.54, 1.807) is 0 Å². The fraction of sp³-hybridized carbons (Fsp3) is 0.533. The number of nitrogens with one attached hydrogen (secondary N) is 1. The summed E-state index contributed by atoms with van der Waals surface area (Å²) in [7, 11) is 0. The molecule has 0 heterocycles. The molecule has 1 amide bonds. The predicted octanol–water partition coefficient (Wildman–Crippen LogP) is 3.13. The van der Waals surface area contributed by atoms with Gasteiger partial charge in [0.25, 0.3) is 5.91 Å². The van der Waals surface area contributed by atoms with Gasteiger partial charge in [0.05, 0.1) is 11.7 Å². The third-order valence-corrected chi connectivity index (χ3v) is 3.84. The molecular weight excluding hydrogens is 302 g/mol. The molecule has 7 heteroatoms. The zero-order chi connectivity index (χ0) is 16.3. The van der Waals surface area contributed by atoms with Crippen molar-refractivity contribution in [3.05, 3.63) is 35.1 Å². The Morgan fingerprint density at radius 3 is 2.68 bits per heavy atom. The topological polar surface area (TPSA) is 49.3 Å². The summed E-state index contributed by atoms with van der Waals surface area (Å²) < 4.78 is 51.0. The van der Waals surface area contributed by atoms with Crippen molar-refractivity contribution in [2.45, 2.75) is 38.0 Å². The van der Waals surface area contributed by atoms with Gasteiger partial charge < -0.3 is 10.4 Å². The first-order valence-corrected chi connectivity index (χ1v) is 7.10. The first kappa shape index (κ1) is 16.7. The molecule has 22 heavy (non-hydrogen) atoms. The molecule has 0 saturated heterocycles. The van der Waals surface area contributed by atoms with E-state index in [9.17, 15) is 27.5 Å². The smallest absolute Gasteiger partial charge is 0.393 e. The molecule has 2 atom stereocenters. The van der Waals surface area contributed by atoms with Crippen molar-refractivity contribution in [3.63, 3.8) is 0 Å². The number of rotatable bonds is 3. The van der Waals surface area contributed by atoms with Gasteiger partial charge in [-0.1, -0.05) is 6.42 Å². The summed E-state index contributed by atoms with van der Waals surface area (Å²) in [4.78, 5) is 11.9. The molecule has 2 rings (SSSR count). The van der Waals surface area contributed by atoms with E-state index in [-0.39, 0.29) is 18.0 Å². The summed E-state index contributed by atoms with van der Waals surface area (Å²) in [6.45, 7) is 0.286. The largest absolute Gasteiger partial charge is 0.419 e. The van der Waals surface area contributed by atoms with E-state index in [0.29, 0.717) is 18.6 Å². The van der Waals surface area contributed by atoms with Gasteiger partial charge in [-0.05, 0) is 43.4 Å². The van der Waals surface area contributed by atoms with Crippen LogP contribution in [0, 0.1) is 11.7 Å². The SMILES string of the molecule is O=C(NCC1CCCC(O)C1)c1ccc(F)c(C(F)(F)F)c1. The molecule has 1 aromatic rings. The van der Waals surface area contributed by atoms with Crippen molar-refractivity contribution in [1.29, 1.82) is 0 Å². The fourth-order valence-corrected chi connectivity index (χ4v) is 2.67. The van der Waals surface area contributed by atoms with Gasteiger partial charge in [0, 0.05) is 12.1 Å². The number of alkyl halides is 3. The van der Waals surface area contributed by atoms with Gasteiger partial charge in [0.15, 0.2) is 0 Å². The van der Waals surface area contributed by atoms with Crippen LogP contribution in [0.4, 0.5) is 17.6 Å². The van der Waals surface area contributed by atoms with Crippen LogP contribution in [0.2, 0.25) is 0 Å². The molecule has 0 radical (unpaired) electrons. The summed E-state index contributed by atoms with van der Waals surface area (Å²) in [6.07, 6.45) is -2.22. The summed E-state index contributed by atoms with van der Waals surface area (Å²) in [5.74, 6) is -1.97. The molecule has 1 aromatic carbocycles. The Morgan fingerprint density at radius 2 is 2.05 bits per heavy atom. The van der Waals surface area contributed by atoms with Crippen LogP contribution in [-0.4, -0.2) is 23.7 Å². The van der Waals surface area contributed by atoms with E-state index in [1.165, 1.54) is 0 Å². The Morgan fingerprint density at radius 1 is 1.32 bits per heavy atom. The van der Waals surface area contributed by atoms with E-state index in [0.717, 1.165) is 25.3 Å². The van der Waals surface area contributed by atoms with Crippen LogP contribution in [0.1, 0.15) is 41.6 Å². The number of aliphatic hydroxyl groups is 1. The number of hydrogen-bond acceptors (Lipinski definition) is 2. The summed E-state index contributed by atoms with van der Waals surface area (Å²) in [6, 6.07) is 2.18. The van der Waals surface area contributed by atoms with Gasteiger partial charge in [0.1, 0.15) is 5.82 Å². The highest BCUT2D eigenvalue weighted by molar-refractivity contribution is 5.94. The Hall–Kier alpha value is -1.63. The number of hydrogen-bond donors (Lipinski definition) is 2. The van der Waals surface area contributed by atoms with Gasteiger partial charge in [-0.25, -0.2) is 4.39 Å². The van der Waals surface area contributed by atoms with Crippen LogP contribution < -0.4 is 5.32 Å². The van der Waals surface area contributed by atoms with Gasteiger partial charge in [-0.15, -0.1) is 0 Å². The third-order valence-electron chi connectivity index (χ3n) is 3.84. The van der Waals surface area contributed by atoms with E-state index in [1.807, 2.05) is 0 Å². The van der Waals surface area contributed by atoms with Crippen LogP contribution >= 0.6 is 0 Å². The molecule has 0 aromatic heterocycles. The molecule has 1 aliphatic rings. The second kappa shape index (κ2) is 6.64. The highest BCUT2D eigenvalue weighted by Gasteiger charge is 2.34. The van der Waals surface area contributed by atoms with E-state index < -0.39 is 29.6 Å². The Balaban J connectivity index is 2.01. The molecule has 2 unspecified atom stereocenters. The molecule has 3 nitrogen and oxygen atoms in total. The van der Waals surface area contributed by atoms with Crippen LogP contribution in [0.25, 0.3) is 0 Å². The maximum absolute atomic E-state index is 13.2. The average Bonchev–Trinajstić information content (AvgIpc) is 2.44. The zero-order valence-electron chi connectivity index (χ0n) is 11.8. The van der Waals surface area contributed by atoms with Crippen molar-refractivity contribution in [3.8, 4) is 0 Å². The molecule has 0 aliphatic heterocycles. The normalized spacial score (nSPS) is 22.4. The highest BCUT2D eigenvalue weighted by atomic mass is 19.4. The Kier molecular flexibility index (Phi) is 5.05. The van der Waals surface area contributed by atoms with Gasteiger partial charge >= 0.3 is 6.18 Å². The van der Waals surface area contributed by atoms with Crippen LogP contribution in [-0.2, 0) is 6.18 Å². The van der Waals surface area contributed by atoms with E-state index in [2.05, 4.69) is 5.32 Å². The fourth-order valence-electron chi connectivity index (χ4n) is 2.67. The summed E-state index contributed by atoms with van der Waals surface area (Å²) >= 11 is 0. The monoisotopic (exact) mass is 319 g/mol. The number of benzene rings is 1. The lowest BCUT2D eigenvalue weighted by Crippen LogP contribution is -2.33. The minimum atomic E-state index is -4.84. The van der Waals surface area contributed by atoms with E-state index >= 15 is 0 Å². The van der Waals surface area contributed by atoms with Crippen molar-refractivity contribution in [2.24, 2.45) is 5.92 Å². The maximum Gasteiger partial charge on any atom is 0.419 e. The third kappa shape index (κ3) is 4.19. The number of carbonyl (C=O) groups excluding carboxylic acids is 1. The number of aliphatic hydroxyl groups excluding tert-OH is 1. The first-order valence-electron chi connectivity index (χ1n) is 7.10. The Labute approximate surface area is 125 Å². The second-order valence-corrected chi connectivity index (χ2v) is 5.59. The molecule has 122 valence electrons. The molecule has 1 fully saturated rings. The second-order valence-electron chi connectivity index (χ2n) is 5.59. The van der Waals surface area contributed by atoms with Crippen molar-refractivity contribution in [1.82, 2.24) is 5.32 Å².